The fourth-order valence-corrected chi connectivity index (χ4v) is 4.78. The van der Waals surface area contributed by atoms with Gasteiger partial charge in [-0.15, -0.1) is 0 Å². The van der Waals surface area contributed by atoms with Gasteiger partial charge in [-0.25, -0.2) is 4.39 Å². The Morgan fingerprint density at radius 2 is 1.94 bits per heavy atom. The third-order valence-corrected chi connectivity index (χ3v) is 6.69. The van der Waals surface area contributed by atoms with Gasteiger partial charge in [0.15, 0.2) is 0 Å². The lowest BCUT2D eigenvalue weighted by molar-refractivity contribution is -0.121. The minimum Gasteiger partial charge on any atom is -0.381 e. The minimum absolute atomic E-state index is 0.111. The number of halogens is 1. The molecule has 1 aromatic carbocycles. The lowest BCUT2D eigenvalue weighted by Crippen LogP contribution is -2.44. The van der Waals surface area contributed by atoms with Crippen LogP contribution in [-0.2, 0) is 28.4 Å². The normalized spacial score (nSPS) is 15.8. The third-order valence-electron chi connectivity index (χ3n) is 6.69. The molecule has 1 aliphatic rings. The minimum atomic E-state index is -0.277. The fourth-order valence-electron chi connectivity index (χ4n) is 4.78. The quantitative estimate of drug-likeness (QED) is 0.617. The monoisotopic (exact) mass is 440 g/mol. The molecule has 0 spiro atoms. The molecule has 1 saturated heterocycles. The van der Waals surface area contributed by atoms with Crippen molar-refractivity contribution in [3.63, 3.8) is 0 Å². The number of nitrogens with one attached hydrogen (secondary N) is 2. The van der Waals surface area contributed by atoms with E-state index in [2.05, 4.69) is 15.4 Å². The van der Waals surface area contributed by atoms with Crippen molar-refractivity contribution >= 4 is 16.9 Å². The average molecular weight is 441 g/mol. The first-order valence-corrected chi connectivity index (χ1v) is 11.0. The van der Waals surface area contributed by atoms with E-state index in [4.69, 9.17) is 4.74 Å². The molecule has 0 saturated carbocycles. The number of carbonyl (C=O) groups excluding carboxylic acids is 1. The number of carbonyl (C=O) groups is 1. The van der Waals surface area contributed by atoms with Crippen molar-refractivity contribution in [1.29, 1.82) is 0 Å². The van der Waals surface area contributed by atoms with Crippen molar-refractivity contribution in [2.75, 3.05) is 19.8 Å². The van der Waals surface area contributed by atoms with Crippen LogP contribution in [0.25, 0.3) is 11.0 Å². The van der Waals surface area contributed by atoms with Crippen LogP contribution >= 0.6 is 0 Å². The zero-order chi connectivity index (χ0) is 22.9. The molecule has 4 rings (SSSR count). The van der Waals surface area contributed by atoms with Gasteiger partial charge < -0.3 is 15.0 Å². The lowest BCUT2D eigenvalue weighted by Gasteiger charge is -2.38. The summed E-state index contributed by atoms with van der Waals surface area (Å²) in [6.45, 7) is 5.48. The van der Waals surface area contributed by atoms with Gasteiger partial charge in [0.1, 0.15) is 11.5 Å². The molecule has 0 radical (unpaired) electrons. The topological polar surface area (TPSA) is 89.0 Å². The molecule has 32 heavy (non-hydrogen) atoms. The Bertz CT molecular complexity index is 1190. The molecule has 7 nitrogen and oxygen atoms in total. The van der Waals surface area contributed by atoms with Crippen LogP contribution < -0.4 is 10.9 Å². The van der Waals surface area contributed by atoms with Crippen molar-refractivity contribution in [3.05, 3.63) is 62.8 Å². The molecule has 0 bridgehead atoms. The molecule has 2 aromatic heterocycles. The van der Waals surface area contributed by atoms with Crippen LogP contribution in [0.2, 0.25) is 0 Å². The molecule has 1 fully saturated rings. The first-order chi connectivity index (χ1) is 15.3. The van der Waals surface area contributed by atoms with Gasteiger partial charge in [-0.2, -0.15) is 5.10 Å². The first-order valence-electron chi connectivity index (χ1n) is 11.0. The third kappa shape index (κ3) is 4.19. The molecule has 3 heterocycles. The van der Waals surface area contributed by atoms with Gasteiger partial charge in [-0.1, -0.05) is 12.1 Å². The number of aryl methyl sites for hydroxylation is 3. The number of H-pyrrole nitrogens is 1. The van der Waals surface area contributed by atoms with E-state index in [9.17, 15) is 14.0 Å². The zero-order valence-corrected chi connectivity index (χ0v) is 18.8. The van der Waals surface area contributed by atoms with Crippen LogP contribution in [0, 0.1) is 19.7 Å². The van der Waals surface area contributed by atoms with Crippen molar-refractivity contribution in [3.8, 4) is 0 Å². The number of aromatic nitrogens is 3. The molecule has 0 atom stereocenters. The molecule has 0 aliphatic carbocycles. The number of ether oxygens (including phenoxy) is 1. The van der Waals surface area contributed by atoms with E-state index in [1.807, 2.05) is 13.8 Å². The molecule has 170 valence electrons. The maximum Gasteiger partial charge on any atom is 0.253 e. The van der Waals surface area contributed by atoms with E-state index in [1.165, 1.54) is 12.1 Å². The molecule has 8 heteroatoms. The Hall–Kier alpha value is -3.00. The Balaban J connectivity index is 1.46. The lowest BCUT2D eigenvalue weighted by atomic mass is 9.74. The highest BCUT2D eigenvalue weighted by Gasteiger charge is 2.34. The summed E-state index contributed by atoms with van der Waals surface area (Å²) in [5, 5.41) is 8.37. The van der Waals surface area contributed by atoms with Crippen molar-refractivity contribution in [2.24, 2.45) is 7.05 Å². The van der Waals surface area contributed by atoms with E-state index in [0.717, 1.165) is 35.0 Å². The smallest absolute Gasteiger partial charge is 0.253 e. The Kier molecular flexibility index (Phi) is 6.15. The summed E-state index contributed by atoms with van der Waals surface area (Å²) < 4.78 is 20.6. The number of amides is 1. The van der Waals surface area contributed by atoms with Crippen LogP contribution in [0.15, 0.2) is 29.1 Å². The van der Waals surface area contributed by atoms with Gasteiger partial charge in [0.2, 0.25) is 5.91 Å². The zero-order valence-electron chi connectivity index (χ0n) is 18.8. The highest BCUT2D eigenvalue weighted by molar-refractivity contribution is 5.83. The second kappa shape index (κ2) is 8.86. The molecule has 0 unspecified atom stereocenters. The van der Waals surface area contributed by atoms with Gasteiger partial charge >= 0.3 is 0 Å². The molecule has 1 aliphatic heterocycles. The predicted molar refractivity (Wildman–Crippen MR) is 120 cm³/mol. The van der Waals surface area contributed by atoms with Crippen LogP contribution in [0.1, 0.15) is 41.6 Å². The summed E-state index contributed by atoms with van der Waals surface area (Å²) in [5.74, 6) is -0.388. The molecular formula is C24H29FN4O3. The summed E-state index contributed by atoms with van der Waals surface area (Å²) in [6, 6.07) is 6.50. The van der Waals surface area contributed by atoms with E-state index >= 15 is 0 Å². The van der Waals surface area contributed by atoms with E-state index in [1.54, 1.807) is 23.9 Å². The predicted octanol–water partition coefficient (Wildman–Crippen LogP) is 2.81. The summed E-state index contributed by atoms with van der Waals surface area (Å²) in [4.78, 5) is 28.2. The number of pyridine rings is 1. The van der Waals surface area contributed by atoms with Crippen molar-refractivity contribution in [1.82, 2.24) is 20.1 Å². The van der Waals surface area contributed by atoms with Gasteiger partial charge in [-0.05, 0) is 56.4 Å². The Morgan fingerprint density at radius 3 is 2.62 bits per heavy atom. The van der Waals surface area contributed by atoms with Gasteiger partial charge in [0.25, 0.3) is 5.56 Å². The second-order valence-corrected chi connectivity index (χ2v) is 8.67. The van der Waals surface area contributed by atoms with Crippen LogP contribution in [0.5, 0.6) is 0 Å². The van der Waals surface area contributed by atoms with Crippen molar-refractivity contribution in [2.45, 2.75) is 44.9 Å². The maximum absolute atomic E-state index is 13.4. The van der Waals surface area contributed by atoms with E-state index in [0.29, 0.717) is 37.4 Å². The number of fused-ring (bicyclic) bond motifs is 1. The van der Waals surface area contributed by atoms with E-state index in [-0.39, 0.29) is 29.1 Å². The number of hydrogen-bond donors (Lipinski definition) is 2. The Labute approximate surface area is 186 Å². The van der Waals surface area contributed by atoms with Gasteiger partial charge in [-0.3, -0.25) is 14.3 Å². The highest BCUT2D eigenvalue weighted by atomic mass is 19.1. The number of hydrogen-bond acceptors (Lipinski definition) is 4. The standard InChI is InChI=1S/C24H29FN4O3/c1-15-19(23(31)27-22-21(15)16(2)28-29(22)3)8-9-20(30)26-14-24(10-12-32-13-11-24)17-4-6-18(25)7-5-17/h4-7H,8-14H2,1-3H3,(H,26,30)(H,27,31). The van der Waals surface area contributed by atoms with Gasteiger partial charge in [0, 0.05) is 49.6 Å². The molecular weight excluding hydrogens is 411 g/mol. The first kappa shape index (κ1) is 22.2. The number of nitrogens with zero attached hydrogens (tertiary/aromatic N) is 2. The molecule has 3 aromatic rings. The maximum atomic E-state index is 13.4. The largest absolute Gasteiger partial charge is 0.381 e. The summed E-state index contributed by atoms with van der Waals surface area (Å²) in [7, 11) is 1.80. The fraction of sp³-hybridized carbons (Fsp3) is 0.458. The molecule has 2 N–H and O–H groups in total. The van der Waals surface area contributed by atoms with Crippen LogP contribution in [0.4, 0.5) is 4.39 Å². The SMILES string of the molecule is Cc1nn(C)c2[nH]c(=O)c(CCC(=O)NCC3(c4ccc(F)cc4)CCOCC3)c(C)c12. The number of aromatic amines is 1. The Morgan fingerprint density at radius 1 is 1.25 bits per heavy atom. The summed E-state index contributed by atoms with van der Waals surface area (Å²) in [5.41, 5.74) is 3.57. The van der Waals surface area contributed by atoms with E-state index < -0.39 is 0 Å². The summed E-state index contributed by atoms with van der Waals surface area (Å²) in [6.07, 6.45) is 2.08. The van der Waals surface area contributed by atoms with Crippen LogP contribution in [0.3, 0.4) is 0 Å². The van der Waals surface area contributed by atoms with Gasteiger partial charge in [0.05, 0.1) is 5.69 Å². The van der Waals surface area contributed by atoms with Crippen molar-refractivity contribution < 1.29 is 13.9 Å². The summed E-state index contributed by atoms with van der Waals surface area (Å²) >= 11 is 0. The average Bonchev–Trinajstić information content (AvgIpc) is 3.06. The highest BCUT2D eigenvalue weighted by Crippen LogP contribution is 2.34. The number of benzene rings is 1. The number of rotatable bonds is 6. The molecule has 1 amide bonds. The van der Waals surface area contributed by atoms with Crippen LogP contribution in [-0.4, -0.2) is 40.4 Å². The second-order valence-electron chi connectivity index (χ2n) is 8.67.